The van der Waals surface area contributed by atoms with E-state index in [1.807, 2.05) is 0 Å². The second-order valence-electron chi connectivity index (χ2n) is 5.89. The first-order chi connectivity index (χ1) is 11.1. The molecule has 124 valence electrons. The molecule has 1 fully saturated rings. The van der Waals surface area contributed by atoms with E-state index in [-0.39, 0.29) is 24.3 Å². The SMILES string of the molecule is CCCCCCNC(=O)c1ccc(CN2C(=O)CCC2=O)cc1. The fourth-order valence-corrected chi connectivity index (χ4v) is 2.60. The number of unbranched alkanes of at least 4 members (excludes halogenated alkanes) is 3. The van der Waals surface area contributed by atoms with Gasteiger partial charge in [0.1, 0.15) is 0 Å². The molecule has 1 aromatic carbocycles. The quantitative estimate of drug-likeness (QED) is 0.592. The number of amides is 3. The molecule has 2 rings (SSSR count). The normalized spacial score (nSPS) is 14.4. The van der Waals surface area contributed by atoms with Crippen LogP contribution in [0.2, 0.25) is 0 Å². The number of carbonyl (C=O) groups is 3. The molecule has 1 aliphatic heterocycles. The first kappa shape index (κ1) is 17.2. The van der Waals surface area contributed by atoms with Crippen LogP contribution in [-0.4, -0.2) is 29.2 Å². The summed E-state index contributed by atoms with van der Waals surface area (Å²) in [6.07, 6.45) is 5.11. The minimum Gasteiger partial charge on any atom is -0.352 e. The highest BCUT2D eigenvalue weighted by atomic mass is 16.2. The second kappa shape index (κ2) is 8.46. The molecule has 0 bridgehead atoms. The van der Waals surface area contributed by atoms with Gasteiger partial charge in [0.25, 0.3) is 5.91 Å². The molecule has 0 saturated carbocycles. The molecule has 23 heavy (non-hydrogen) atoms. The molecule has 1 heterocycles. The van der Waals surface area contributed by atoms with Crippen LogP contribution in [0.4, 0.5) is 0 Å². The summed E-state index contributed by atoms with van der Waals surface area (Å²) >= 11 is 0. The highest BCUT2D eigenvalue weighted by Crippen LogP contribution is 2.16. The smallest absolute Gasteiger partial charge is 0.251 e. The summed E-state index contributed by atoms with van der Waals surface area (Å²) in [5, 5.41) is 2.91. The molecule has 0 aromatic heterocycles. The van der Waals surface area contributed by atoms with E-state index in [4.69, 9.17) is 0 Å². The van der Waals surface area contributed by atoms with Crippen LogP contribution in [0.25, 0.3) is 0 Å². The van der Waals surface area contributed by atoms with E-state index in [1.165, 1.54) is 17.7 Å². The molecule has 0 spiro atoms. The van der Waals surface area contributed by atoms with Crippen molar-refractivity contribution < 1.29 is 14.4 Å². The number of imide groups is 1. The average molecular weight is 316 g/mol. The van der Waals surface area contributed by atoms with Gasteiger partial charge >= 0.3 is 0 Å². The zero-order chi connectivity index (χ0) is 16.7. The topological polar surface area (TPSA) is 66.5 Å². The van der Waals surface area contributed by atoms with Crippen molar-refractivity contribution >= 4 is 17.7 Å². The number of nitrogens with one attached hydrogen (secondary N) is 1. The Morgan fingerprint density at radius 2 is 1.70 bits per heavy atom. The van der Waals surface area contributed by atoms with Crippen molar-refractivity contribution in [1.29, 1.82) is 0 Å². The van der Waals surface area contributed by atoms with Gasteiger partial charge in [0.2, 0.25) is 11.8 Å². The van der Waals surface area contributed by atoms with Crippen LogP contribution in [0.3, 0.4) is 0 Å². The van der Waals surface area contributed by atoms with Gasteiger partial charge in [0.05, 0.1) is 6.54 Å². The molecule has 0 atom stereocenters. The van der Waals surface area contributed by atoms with Gasteiger partial charge in [-0.3, -0.25) is 19.3 Å². The van der Waals surface area contributed by atoms with Crippen LogP contribution < -0.4 is 5.32 Å². The first-order valence-electron chi connectivity index (χ1n) is 8.32. The van der Waals surface area contributed by atoms with Crippen molar-refractivity contribution in [3.05, 3.63) is 35.4 Å². The average Bonchev–Trinajstić information content (AvgIpc) is 2.87. The van der Waals surface area contributed by atoms with E-state index < -0.39 is 0 Å². The van der Waals surface area contributed by atoms with E-state index in [9.17, 15) is 14.4 Å². The van der Waals surface area contributed by atoms with Crippen LogP contribution >= 0.6 is 0 Å². The molecule has 1 N–H and O–H groups in total. The summed E-state index contributed by atoms with van der Waals surface area (Å²) in [5.41, 5.74) is 1.46. The van der Waals surface area contributed by atoms with Crippen LogP contribution in [0.1, 0.15) is 61.4 Å². The van der Waals surface area contributed by atoms with Crippen LogP contribution in [-0.2, 0) is 16.1 Å². The Morgan fingerprint density at radius 1 is 1.04 bits per heavy atom. The summed E-state index contributed by atoms with van der Waals surface area (Å²) in [4.78, 5) is 36.5. The number of nitrogens with zero attached hydrogens (tertiary/aromatic N) is 1. The summed E-state index contributed by atoms with van der Waals surface area (Å²) in [6.45, 7) is 3.14. The Hall–Kier alpha value is -2.17. The van der Waals surface area contributed by atoms with Crippen molar-refractivity contribution in [2.75, 3.05) is 6.54 Å². The molecule has 5 heteroatoms. The number of benzene rings is 1. The van der Waals surface area contributed by atoms with Gasteiger partial charge in [-0.1, -0.05) is 38.3 Å². The zero-order valence-corrected chi connectivity index (χ0v) is 13.6. The lowest BCUT2D eigenvalue weighted by Gasteiger charge is -2.14. The summed E-state index contributed by atoms with van der Waals surface area (Å²) in [6, 6.07) is 7.07. The summed E-state index contributed by atoms with van der Waals surface area (Å²) in [7, 11) is 0. The van der Waals surface area contributed by atoms with Gasteiger partial charge in [-0.15, -0.1) is 0 Å². The number of hydrogen-bond donors (Lipinski definition) is 1. The Balaban J connectivity index is 1.83. The minimum atomic E-state index is -0.121. The molecule has 0 aliphatic carbocycles. The first-order valence-corrected chi connectivity index (χ1v) is 8.32. The Kier molecular flexibility index (Phi) is 6.32. The molecule has 0 radical (unpaired) electrons. The van der Waals surface area contributed by atoms with Gasteiger partial charge in [-0.2, -0.15) is 0 Å². The van der Waals surface area contributed by atoms with Crippen molar-refractivity contribution in [1.82, 2.24) is 10.2 Å². The maximum Gasteiger partial charge on any atom is 0.251 e. The maximum absolute atomic E-state index is 12.0. The molecule has 1 aliphatic rings. The third-order valence-electron chi connectivity index (χ3n) is 4.03. The molecule has 5 nitrogen and oxygen atoms in total. The standard InChI is InChI=1S/C18H24N2O3/c1-2-3-4-5-12-19-18(23)15-8-6-14(7-9-15)13-20-16(21)10-11-17(20)22/h6-9H,2-5,10-13H2,1H3,(H,19,23). The molecular formula is C18H24N2O3. The van der Waals surface area contributed by atoms with E-state index >= 15 is 0 Å². The van der Waals surface area contributed by atoms with Gasteiger partial charge in [-0.05, 0) is 24.1 Å². The number of likely N-dealkylation sites (tertiary alicyclic amines) is 1. The van der Waals surface area contributed by atoms with Crippen LogP contribution in [0.15, 0.2) is 24.3 Å². The van der Waals surface area contributed by atoms with Gasteiger partial charge in [-0.25, -0.2) is 0 Å². The fourth-order valence-electron chi connectivity index (χ4n) is 2.60. The predicted octanol–water partition coefficient (Wildman–Crippen LogP) is 2.65. The monoisotopic (exact) mass is 316 g/mol. The lowest BCUT2D eigenvalue weighted by atomic mass is 10.1. The van der Waals surface area contributed by atoms with E-state index in [2.05, 4.69) is 12.2 Å². The van der Waals surface area contributed by atoms with E-state index in [0.29, 0.717) is 24.9 Å². The number of carbonyl (C=O) groups excluding carboxylic acids is 3. The van der Waals surface area contributed by atoms with E-state index in [1.54, 1.807) is 24.3 Å². The predicted molar refractivity (Wildman–Crippen MR) is 87.7 cm³/mol. The third-order valence-corrected chi connectivity index (χ3v) is 4.03. The van der Waals surface area contributed by atoms with Crippen molar-refractivity contribution in [3.8, 4) is 0 Å². The molecule has 1 aromatic rings. The van der Waals surface area contributed by atoms with Crippen molar-refractivity contribution in [2.45, 2.75) is 52.0 Å². The Bertz CT molecular complexity index is 550. The Labute approximate surface area is 137 Å². The van der Waals surface area contributed by atoms with Crippen LogP contribution in [0.5, 0.6) is 0 Å². The second-order valence-corrected chi connectivity index (χ2v) is 5.89. The third kappa shape index (κ3) is 4.91. The number of rotatable bonds is 8. The van der Waals surface area contributed by atoms with Gasteiger partial charge in [0, 0.05) is 24.9 Å². The van der Waals surface area contributed by atoms with Crippen LogP contribution in [0, 0.1) is 0 Å². The lowest BCUT2D eigenvalue weighted by Crippen LogP contribution is -2.28. The minimum absolute atomic E-state index is 0.0821. The molecule has 1 saturated heterocycles. The zero-order valence-electron chi connectivity index (χ0n) is 13.6. The molecular weight excluding hydrogens is 292 g/mol. The van der Waals surface area contributed by atoms with E-state index in [0.717, 1.165) is 18.4 Å². The fraction of sp³-hybridized carbons (Fsp3) is 0.500. The molecule has 3 amide bonds. The Morgan fingerprint density at radius 3 is 2.30 bits per heavy atom. The highest BCUT2D eigenvalue weighted by Gasteiger charge is 2.28. The van der Waals surface area contributed by atoms with Gasteiger partial charge < -0.3 is 5.32 Å². The van der Waals surface area contributed by atoms with Crippen molar-refractivity contribution in [3.63, 3.8) is 0 Å². The summed E-state index contributed by atoms with van der Waals surface area (Å²) in [5.74, 6) is -0.325. The largest absolute Gasteiger partial charge is 0.352 e. The lowest BCUT2D eigenvalue weighted by molar-refractivity contribution is -0.139. The summed E-state index contributed by atoms with van der Waals surface area (Å²) < 4.78 is 0. The number of hydrogen-bond acceptors (Lipinski definition) is 3. The maximum atomic E-state index is 12.0. The van der Waals surface area contributed by atoms with Crippen molar-refractivity contribution in [2.24, 2.45) is 0 Å². The highest BCUT2D eigenvalue weighted by molar-refractivity contribution is 6.01. The molecule has 0 unspecified atom stereocenters. The van der Waals surface area contributed by atoms with Gasteiger partial charge in [0.15, 0.2) is 0 Å².